The van der Waals surface area contributed by atoms with Crippen molar-refractivity contribution in [1.29, 1.82) is 0 Å². The summed E-state index contributed by atoms with van der Waals surface area (Å²) in [5.74, 6) is -2.06. The molecule has 0 atom stereocenters. The number of ether oxygens (including phenoxy) is 1. The molecule has 0 bridgehead atoms. The fraction of sp³-hybridized carbons (Fsp3) is 0.273. The predicted molar refractivity (Wildman–Crippen MR) is 53.6 cm³/mol. The van der Waals surface area contributed by atoms with E-state index in [-0.39, 0.29) is 12.4 Å². The first-order chi connectivity index (χ1) is 7.19. The first-order valence-corrected chi connectivity index (χ1v) is 4.49. The first kappa shape index (κ1) is 11.7. The lowest BCUT2D eigenvalue weighted by Gasteiger charge is -2.03. The summed E-state index contributed by atoms with van der Waals surface area (Å²) in [6, 6.07) is 2.47. The van der Waals surface area contributed by atoms with Crippen LogP contribution in [0.4, 0.5) is 8.78 Å². The van der Waals surface area contributed by atoms with Gasteiger partial charge in [-0.25, -0.2) is 4.39 Å². The van der Waals surface area contributed by atoms with E-state index in [0.29, 0.717) is 12.0 Å². The van der Waals surface area contributed by atoms with Crippen LogP contribution >= 0.6 is 0 Å². The van der Waals surface area contributed by atoms with Gasteiger partial charge in [-0.1, -0.05) is 12.2 Å². The molecule has 0 amide bonds. The summed E-state index contributed by atoms with van der Waals surface area (Å²) < 4.78 is 30.7. The lowest BCUT2D eigenvalue weighted by Crippen LogP contribution is -1.93. The molecule has 0 aliphatic heterocycles. The number of rotatable bonds is 4. The minimum Gasteiger partial charge on any atom is -0.494 e. The fourth-order valence-electron chi connectivity index (χ4n) is 1.12. The molecule has 82 valence electrons. The molecule has 0 fully saturated rings. The van der Waals surface area contributed by atoms with E-state index in [4.69, 9.17) is 5.11 Å². The van der Waals surface area contributed by atoms with Crippen LogP contribution in [0.5, 0.6) is 5.75 Å². The first-order valence-electron chi connectivity index (χ1n) is 4.49. The summed E-state index contributed by atoms with van der Waals surface area (Å²) in [5.41, 5.74) is 0.499. The van der Waals surface area contributed by atoms with Crippen molar-refractivity contribution in [2.24, 2.45) is 0 Å². The van der Waals surface area contributed by atoms with Crippen molar-refractivity contribution in [2.45, 2.75) is 6.42 Å². The Labute approximate surface area is 86.8 Å². The van der Waals surface area contributed by atoms with Crippen LogP contribution in [0.15, 0.2) is 18.2 Å². The van der Waals surface area contributed by atoms with Crippen molar-refractivity contribution >= 4 is 6.08 Å². The maximum atomic E-state index is 13.0. The third-order valence-electron chi connectivity index (χ3n) is 1.84. The molecule has 1 N–H and O–H groups in total. The van der Waals surface area contributed by atoms with Gasteiger partial charge in [0.2, 0.25) is 5.82 Å². The van der Waals surface area contributed by atoms with Crippen LogP contribution < -0.4 is 4.74 Å². The molecule has 0 aliphatic carbocycles. The number of aliphatic hydroxyl groups is 1. The maximum absolute atomic E-state index is 13.0. The average Bonchev–Trinajstić information content (AvgIpc) is 2.23. The highest BCUT2D eigenvalue weighted by atomic mass is 19.2. The van der Waals surface area contributed by atoms with Crippen LogP contribution in [0.25, 0.3) is 6.08 Å². The van der Waals surface area contributed by atoms with Crippen LogP contribution in [0.3, 0.4) is 0 Å². The SMILES string of the molecule is COc1cc(C=CCCO)cc(F)c1F. The Morgan fingerprint density at radius 2 is 2.13 bits per heavy atom. The molecule has 0 saturated carbocycles. The third-order valence-corrected chi connectivity index (χ3v) is 1.84. The standard InChI is InChI=1S/C11H12F2O2/c1-15-10-7-8(4-2-3-5-14)6-9(12)11(10)13/h2,4,6-7,14H,3,5H2,1H3. The molecule has 4 heteroatoms. The zero-order valence-electron chi connectivity index (χ0n) is 8.34. The summed E-state index contributed by atoms with van der Waals surface area (Å²) in [5, 5.41) is 8.53. The summed E-state index contributed by atoms with van der Waals surface area (Å²) in [4.78, 5) is 0. The van der Waals surface area contributed by atoms with Crippen molar-refractivity contribution in [3.05, 3.63) is 35.4 Å². The molecule has 0 saturated heterocycles. The molecule has 1 aromatic rings. The summed E-state index contributed by atoms with van der Waals surface area (Å²) in [6.07, 6.45) is 3.74. The highest BCUT2D eigenvalue weighted by molar-refractivity contribution is 5.52. The van der Waals surface area contributed by atoms with Crippen LogP contribution in [-0.4, -0.2) is 18.8 Å². The van der Waals surface area contributed by atoms with Crippen molar-refractivity contribution in [3.8, 4) is 5.75 Å². The van der Waals surface area contributed by atoms with Crippen molar-refractivity contribution in [3.63, 3.8) is 0 Å². The van der Waals surface area contributed by atoms with Crippen molar-refractivity contribution < 1.29 is 18.6 Å². The summed E-state index contributed by atoms with van der Waals surface area (Å²) in [6.45, 7) is 0.0251. The highest BCUT2D eigenvalue weighted by Crippen LogP contribution is 2.22. The quantitative estimate of drug-likeness (QED) is 0.833. The molecule has 0 radical (unpaired) electrons. The van der Waals surface area contributed by atoms with Crippen LogP contribution in [0.2, 0.25) is 0 Å². The van der Waals surface area contributed by atoms with Gasteiger partial charge in [0.15, 0.2) is 11.6 Å². The van der Waals surface area contributed by atoms with Crippen molar-refractivity contribution in [1.82, 2.24) is 0 Å². The van der Waals surface area contributed by atoms with Gasteiger partial charge in [-0.2, -0.15) is 4.39 Å². The third kappa shape index (κ3) is 3.02. The lowest BCUT2D eigenvalue weighted by atomic mass is 10.1. The average molecular weight is 214 g/mol. The minimum absolute atomic E-state index is 0.0251. The molecule has 1 aromatic carbocycles. The van der Waals surface area contributed by atoms with Gasteiger partial charge in [0, 0.05) is 6.61 Å². The van der Waals surface area contributed by atoms with E-state index in [9.17, 15) is 8.78 Å². The maximum Gasteiger partial charge on any atom is 0.200 e. The number of hydrogen-bond donors (Lipinski definition) is 1. The Morgan fingerprint density at radius 1 is 1.40 bits per heavy atom. The molecule has 0 aliphatic rings. The Kier molecular flexibility index (Phi) is 4.24. The summed E-state index contributed by atoms with van der Waals surface area (Å²) >= 11 is 0. The van der Waals surface area contributed by atoms with E-state index in [1.165, 1.54) is 13.2 Å². The van der Waals surface area contributed by atoms with Gasteiger partial charge >= 0.3 is 0 Å². The topological polar surface area (TPSA) is 29.5 Å². The van der Waals surface area contributed by atoms with E-state index < -0.39 is 11.6 Å². The minimum atomic E-state index is -0.989. The van der Waals surface area contributed by atoms with Gasteiger partial charge in [-0.3, -0.25) is 0 Å². The van der Waals surface area contributed by atoms with Gasteiger partial charge in [0.05, 0.1) is 7.11 Å². The number of benzene rings is 1. The Morgan fingerprint density at radius 3 is 2.73 bits per heavy atom. The normalized spacial score (nSPS) is 10.9. The molecule has 0 spiro atoms. The molecule has 2 nitrogen and oxygen atoms in total. The van der Waals surface area contributed by atoms with E-state index in [0.717, 1.165) is 6.07 Å². The van der Waals surface area contributed by atoms with Crippen molar-refractivity contribution in [2.75, 3.05) is 13.7 Å². The van der Waals surface area contributed by atoms with Crippen LogP contribution in [0, 0.1) is 11.6 Å². The number of hydrogen-bond acceptors (Lipinski definition) is 2. The fourth-order valence-corrected chi connectivity index (χ4v) is 1.12. The van der Waals surface area contributed by atoms with Gasteiger partial charge < -0.3 is 9.84 Å². The van der Waals surface area contributed by atoms with Gasteiger partial charge in [0.25, 0.3) is 0 Å². The molecule has 15 heavy (non-hydrogen) atoms. The molecule has 1 rings (SSSR count). The van der Waals surface area contributed by atoms with E-state index in [1.807, 2.05) is 0 Å². The highest BCUT2D eigenvalue weighted by Gasteiger charge is 2.09. The van der Waals surface area contributed by atoms with Gasteiger partial charge in [0.1, 0.15) is 0 Å². The number of aliphatic hydroxyl groups excluding tert-OH is 1. The molecule has 0 unspecified atom stereocenters. The predicted octanol–water partition coefficient (Wildman–Crippen LogP) is 2.37. The lowest BCUT2D eigenvalue weighted by molar-refractivity contribution is 0.303. The number of methoxy groups -OCH3 is 1. The second kappa shape index (κ2) is 5.46. The second-order valence-electron chi connectivity index (χ2n) is 2.93. The second-order valence-corrected chi connectivity index (χ2v) is 2.93. The monoisotopic (exact) mass is 214 g/mol. The Bertz CT molecular complexity index is 362. The van der Waals surface area contributed by atoms with E-state index in [1.54, 1.807) is 12.2 Å². The Hall–Kier alpha value is -1.42. The molecule has 0 heterocycles. The zero-order chi connectivity index (χ0) is 11.3. The summed E-state index contributed by atoms with van der Waals surface area (Å²) in [7, 11) is 1.28. The molecular weight excluding hydrogens is 202 g/mol. The zero-order valence-corrected chi connectivity index (χ0v) is 8.34. The molecule has 0 aromatic heterocycles. The van der Waals surface area contributed by atoms with Crippen LogP contribution in [0.1, 0.15) is 12.0 Å². The van der Waals surface area contributed by atoms with Gasteiger partial charge in [-0.05, 0) is 24.1 Å². The van der Waals surface area contributed by atoms with E-state index in [2.05, 4.69) is 4.74 Å². The van der Waals surface area contributed by atoms with Gasteiger partial charge in [-0.15, -0.1) is 0 Å². The largest absolute Gasteiger partial charge is 0.494 e. The smallest absolute Gasteiger partial charge is 0.200 e. The number of halogens is 2. The Balaban J connectivity index is 2.95. The van der Waals surface area contributed by atoms with Crippen LogP contribution in [-0.2, 0) is 0 Å². The van der Waals surface area contributed by atoms with E-state index >= 15 is 0 Å². The molecular formula is C11H12F2O2.